The van der Waals surface area contributed by atoms with Crippen molar-refractivity contribution in [2.75, 3.05) is 26.8 Å². The summed E-state index contributed by atoms with van der Waals surface area (Å²) in [4.78, 5) is 2.46. The van der Waals surface area contributed by atoms with Crippen LogP contribution in [-0.2, 0) is 4.74 Å². The quantitative estimate of drug-likeness (QED) is 0.668. The Hall–Kier alpha value is -0.590. The first-order valence-corrected chi connectivity index (χ1v) is 6.74. The van der Waals surface area contributed by atoms with Gasteiger partial charge in [-0.2, -0.15) is 5.26 Å². The lowest BCUT2D eigenvalue weighted by Gasteiger charge is -2.31. The molecule has 1 heterocycles. The van der Waals surface area contributed by atoms with Gasteiger partial charge in [-0.1, -0.05) is 6.42 Å². The Morgan fingerprint density at radius 2 is 1.94 bits per heavy atom. The van der Waals surface area contributed by atoms with Gasteiger partial charge in [0.15, 0.2) is 0 Å². The predicted octanol–water partition coefficient (Wildman–Crippen LogP) is 2.82. The van der Waals surface area contributed by atoms with Crippen molar-refractivity contribution in [3.05, 3.63) is 0 Å². The number of rotatable bonds is 6. The Morgan fingerprint density at radius 3 is 2.53 bits per heavy atom. The van der Waals surface area contributed by atoms with Crippen LogP contribution in [0.3, 0.4) is 0 Å². The number of hydrogen-bond acceptors (Lipinski definition) is 3. The third-order valence-corrected chi connectivity index (χ3v) is 3.68. The second kappa shape index (κ2) is 6.98. The fourth-order valence-electron chi connectivity index (χ4n) is 2.29. The highest BCUT2D eigenvalue weighted by Gasteiger charge is 2.19. The van der Waals surface area contributed by atoms with E-state index in [0.29, 0.717) is 6.04 Å². The Bertz CT molecular complexity index is 251. The summed E-state index contributed by atoms with van der Waals surface area (Å²) in [6, 6.07) is 3.06. The lowest BCUT2D eigenvalue weighted by molar-refractivity contribution is 0.0424. The summed E-state index contributed by atoms with van der Waals surface area (Å²) in [6.45, 7) is 7.02. The maximum absolute atomic E-state index is 8.93. The molecule has 1 aliphatic heterocycles. The number of nitrogens with zero attached hydrogens (tertiary/aromatic N) is 2. The molecule has 98 valence electrons. The third kappa shape index (κ3) is 5.52. The van der Waals surface area contributed by atoms with Crippen LogP contribution in [0.2, 0.25) is 0 Å². The number of ether oxygens (including phenoxy) is 1. The molecule has 0 aromatic rings. The minimum absolute atomic E-state index is 0.156. The number of nitriles is 1. The van der Waals surface area contributed by atoms with Crippen LogP contribution < -0.4 is 0 Å². The van der Waals surface area contributed by atoms with Crippen LogP contribution >= 0.6 is 0 Å². The van der Waals surface area contributed by atoms with Crippen LogP contribution in [0, 0.1) is 16.7 Å². The monoisotopic (exact) mass is 238 g/mol. The first-order valence-electron chi connectivity index (χ1n) is 6.74. The molecule has 0 N–H and O–H groups in total. The zero-order valence-electron chi connectivity index (χ0n) is 11.5. The van der Waals surface area contributed by atoms with E-state index in [4.69, 9.17) is 10.00 Å². The molecule has 0 aromatic carbocycles. The minimum atomic E-state index is -0.156. The maximum Gasteiger partial charge on any atom is 0.0683 e. The summed E-state index contributed by atoms with van der Waals surface area (Å²) in [5, 5.41) is 8.93. The van der Waals surface area contributed by atoms with Crippen molar-refractivity contribution in [1.29, 1.82) is 5.26 Å². The first kappa shape index (κ1) is 14.5. The fraction of sp³-hybridized carbons (Fsp3) is 0.929. The van der Waals surface area contributed by atoms with Crippen LogP contribution in [0.1, 0.15) is 46.0 Å². The molecule has 3 nitrogen and oxygen atoms in total. The van der Waals surface area contributed by atoms with E-state index in [-0.39, 0.29) is 5.41 Å². The fourth-order valence-corrected chi connectivity index (χ4v) is 2.29. The van der Waals surface area contributed by atoms with Crippen LogP contribution in [-0.4, -0.2) is 37.7 Å². The van der Waals surface area contributed by atoms with Gasteiger partial charge in [0, 0.05) is 19.3 Å². The van der Waals surface area contributed by atoms with E-state index in [1.54, 1.807) is 0 Å². The summed E-state index contributed by atoms with van der Waals surface area (Å²) < 4.78 is 5.37. The molecule has 1 aliphatic rings. The van der Waals surface area contributed by atoms with Crippen molar-refractivity contribution in [1.82, 2.24) is 4.90 Å². The van der Waals surface area contributed by atoms with Crippen LogP contribution in [0.25, 0.3) is 0 Å². The topological polar surface area (TPSA) is 36.3 Å². The molecule has 0 aromatic heterocycles. The molecule has 0 bridgehead atoms. The maximum atomic E-state index is 8.93. The summed E-state index contributed by atoms with van der Waals surface area (Å²) in [5.74, 6) is 0. The van der Waals surface area contributed by atoms with Crippen LogP contribution in [0.15, 0.2) is 0 Å². The van der Waals surface area contributed by atoms with Gasteiger partial charge >= 0.3 is 0 Å². The van der Waals surface area contributed by atoms with E-state index < -0.39 is 0 Å². The molecule has 0 saturated carbocycles. The second-order valence-electron chi connectivity index (χ2n) is 5.78. The van der Waals surface area contributed by atoms with Gasteiger partial charge in [0.2, 0.25) is 0 Å². The first-order chi connectivity index (χ1) is 8.05. The van der Waals surface area contributed by atoms with E-state index in [0.717, 1.165) is 32.6 Å². The predicted molar refractivity (Wildman–Crippen MR) is 69.7 cm³/mol. The van der Waals surface area contributed by atoms with E-state index in [9.17, 15) is 0 Å². The molecule has 1 rings (SSSR count). The average Bonchev–Trinajstić information content (AvgIpc) is 2.35. The molecule has 0 aliphatic carbocycles. The van der Waals surface area contributed by atoms with E-state index in [1.807, 2.05) is 13.8 Å². The molecule has 0 radical (unpaired) electrons. The minimum Gasteiger partial charge on any atom is -0.381 e. The SMILES string of the molecule is CN(CCCCC(C)(C)C#N)C1CCOCC1. The summed E-state index contributed by atoms with van der Waals surface area (Å²) in [6.07, 6.45) is 5.68. The zero-order chi connectivity index (χ0) is 12.7. The molecular weight excluding hydrogens is 212 g/mol. The van der Waals surface area contributed by atoms with Gasteiger partial charge in [-0.05, 0) is 53.1 Å². The summed E-state index contributed by atoms with van der Waals surface area (Å²) >= 11 is 0. The van der Waals surface area contributed by atoms with Gasteiger partial charge in [-0.3, -0.25) is 0 Å². The van der Waals surface area contributed by atoms with Crippen LogP contribution in [0.5, 0.6) is 0 Å². The Kier molecular flexibility index (Phi) is 5.94. The van der Waals surface area contributed by atoms with E-state index in [1.165, 1.54) is 19.3 Å². The van der Waals surface area contributed by atoms with Crippen molar-refractivity contribution in [2.24, 2.45) is 5.41 Å². The lowest BCUT2D eigenvalue weighted by Crippen LogP contribution is -2.37. The van der Waals surface area contributed by atoms with Gasteiger partial charge in [0.05, 0.1) is 11.5 Å². The summed E-state index contributed by atoms with van der Waals surface area (Å²) in [5.41, 5.74) is -0.156. The average molecular weight is 238 g/mol. The van der Waals surface area contributed by atoms with E-state index >= 15 is 0 Å². The standard InChI is InChI=1S/C14H26N2O/c1-14(2,12-15)8-4-5-9-16(3)13-6-10-17-11-7-13/h13H,4-11H2,1-3H3. The third-order valence-electron chi connectivity index (χ3n) is 3.68. The second-order valence-corrected chi connectivity index (χ2v) is 5.78. The molecule has 0 unspecified atom stereocenters. The molecule has 0 atom stereocenters. The Morgan fingerprint density at radius 1 is 1.29 bits per heavy atom. The smallest absolute Gasteiger partial charge is 0.0683 e. The molecule has 3 heteroatoms. The zero-order valence-corrected chi connectivity index (χ0v) is 11.5. The molecular formula is C14H26N2O. The van der Waals surface area contributed by atoms with Gasteiger partial charge in [0.25, 0.3) is 0 Å². The van der Waals surface area contributed by atoms with Crippen LogP contribution in [0.4, 0.5) is 0 Å². The largest absolute Gasteiger partial charge is 0.381 e. The lowest BCUT2D eigenvalue weighted by atomic mass is 9.89. The van der Waals surface area contributed by atoms with Gasteiger partial charge in [-0.25, -0.2) is 0 Å². The highest BCUT2D eigenvalue weighted by atomic mass is 16.5. The highest BCUT2D eigenvalue weighted by molar-refractivity contribution is 4.91. The van der Waals surface area contributed by atoms with E-state index in [2.05, 4.69) is 18.0 Å². The highest BCUT2D eigenvalue weighted by Crippen LogP contribution is 2.22. The Balaban J connectivity index is 2.11. The van der Waals surface area contributed by atoms with Crippen molar-refractivity contribution in [3.63, 3.8) is 0 Å². The Labute approximate surface area is 106 Å². The van der Waals surface area contributed by atoms with Crippen molar-refractivity contribution in [2.45, 2.75) is 52.0 Å². The van der Waals surface area contributed by atoms with Crippen molar-refractivity contribution in [3.8, 4) is 6.07 Å². The molecule has 1 fully saturated rings. The number of hydrogen-bond donors (Lipinski definition) is 0. The van der Waals surface area contributed by atoms with Crippen molar-refractivity contribution >= 4 is 0 Å². The normalized spacial score (nSPS) is 18.3. The van der Waals surface area contributed by atoms with Gasteiger partial charge < -0.3 is 9.64 Å². The number of unbranched alkanes of at least 4 members (excludes halogenated alkanes) is 1. The van der Waals surface area contributed by atoms with Gasteiger partial charge in [-0.15, -0.1) is 0 Å². The molecule has 0 spiro atoms. The van der Waals surface area contributed by atoms with Crippen molar-refractivity contribution < 1.29 is 4.74 Å². The molecule has 1 saturated heterocycles. The van der Waals surface area contributed by atoms with Gasteiger partial charge in [0.1, 0.15) is 0 Å². The molecule has 17 heavy (non-hydrogen) atoms. The summed E-state index contributed by atoms with van der Waals surface area (Å²) in [7, 11) is 2.21. The molecule has 0 amide bonds.